The SMILES string of the molecule is CCOC(=O)C1=CCC(C(CC(C)CN)C(=O)OC(C)(C)C)C([N+](=O)[O-])C1. The average Bonchev–Trinajstić information content (AvgIpc) is 2.57. The van der Waals surface area contributed by atoms with Gasteiger partial charge >= 0.3 is 11.9 Å². The number of nitrogens with zero attached hydrogens (tertiary/aromatic N) is 1. The Hall–Kier alpha value is -1.96. The van der Waals surface area contributed by atoms with E-state index in [0.717, 1.165) is 0 Å². The summed E-state index contributed by atoms with van der Waals surface area (Å²) in [6.07, 6.45) is 2.27. The van der Waals surface area contributed by atoms with Gasteiger partial charge in [0.05, 0.1) is 12.5 Å². The van der Waals surface area contributed by atoms with Crippen molar-refractivity contribution in [3.8, 4) is 0 Å². The number of rotatable bonds is 8. The molecule has 0 saturated heterocycles. The topological polar surface area (TPSA) is 122 Å². The fourth-order valence-corrected chi connectivity index (χ4v) is 3.30. The van der Waals surface area contributed by atoms with Gasteiger partial charge < -0.3 is 15.2 Å². The van der Waals surface area contributed by atoms with E-state index in [9.17, 15) is 19.7 Å². The van der Waals surface area contributed by atoms with Gasteiger partial charge in [-0.15, -0.1) is 0 Å². The molecule has 4 unspecified atom stereocenters. The zero-order chi connectivity index (χ0) is 20.8. The van der Waals surface area contributed by atoms with Gasteiger partial charge in [-0.3, -0.25) is 14.9 Å². The molecule has 0 saturated carbocycles. The third-order valence-electron chi connectivity index (χ3n) is 4.65. The summed E-state index contributed by atoms with van der Waals surface area (Å²) in [7, 11) is 0. The first-order valence-corrected chi connectivity index (χ1v) is 9.42. The van der Waals surface area contributed by atoms with Crippen LogP contribution in [0, 0.1) is 27.9 Å². The van der Waals surface area contributed by atoms with Gasteiger partial charge in [0, 0.05) is 22.8 Å². The molecule has 0 aliphatic heterocycles. The summed E-state index contributed by atoms with van der Waals surface area (Å²) in [5.74, 6) is -2.18. The van der Waals surface area contributed by atoms with E-state index in [4.69, 9.17) is 15.2 Å². The van der Waals surface area contributed by atoms with Gasteiger partial charge in [-0.2, -0.15) is 0 Å². The number of carbonyl (C=O) groups is 2. The first kappa shape index (κ1) is 23.1. The van der Waals surface area contributed by atoms with E-state index in [1.807, 2.05) is 6.92 Å². The summed E-state index contributed by atoms with van der Waals surface area (Å²) in [5.41, 5.74) is 5.32. The van der Waals surface area contributed by atoms with Crippen molar-refractivity contribution < 1.29 is 24.0 Å². The lowest BCUT2D eigenvalue weighted by Gasteiger charge is -2.33. The molecule has 0 fully saturated rings. The predicted molar refractivity (Wildman–Crippen MR) is 100 cm³/mol. The van der Waals surface area contributed by atoms with Crippen LogP contribution in [0.2, 0.25) is 0 Å². The second kappa shape index (κ2) is 9.82. The van der Waals surface area contributed by atoms with Crippen molar-refractivity contribution >= 4 is 11.9 Å². The van der Waals surface area contributed by atoms with Gasteiger partial charge in [-0.05, 0) is 53.0 Å². The number of allylic oxidation sites excluding steroid dienone is 1. The molecule has 4 atom stereocenters. The number of hydrogen-bond acceptors (Lipinski definition) is 7. The molecule has 0 heterocycles. The van der Waals surface area contributed by atoms with Crippen LogP contribution in [0.25, 0.3) is 0 Å². The first-order chi connectivity index (χ1) is 12.5. The average molecular weight is 384 g/mol. The number of ether oxygens (including phenoxy) is 2. The first-order valence-electron chi connectivity index (χ1n) is 9.42. The summed E-state index contributed by atoms with van der Waals surface area (Å²) in [5, 5.41) is 11.7. The minimum atomic E-state index is -1.04. The lowest BCUT2D eigenvalue weighted by molar-refractivity contribution is -0.534. The molecule has 0 amide bonds. The Morgan fingerprint density at radius 3 is 2.52 bits per heavy atom. The summed E-state index contributed by atoms with van der Waals surface area (Å²) >= 11 is 0. The molecule has 2 N–H and O–H groups in total. The summed E-state index contributed by atoms with van der Waals surface area (Å²) in [4.78, 5) is 36.1. The third kappa shape index (κ3) is 6.93. The second-order valence-corrected chi connectivity index (χ2v) is 8.12. The van der Waals surface area contributed by atoms with Crippen LogP contribution in [0.5, 0.6) is 0 Å². The zero-order valence-corrected chi connectivity index (χ0v) is 16.9. The quantitative estimate of drug-likeness (QED) is 0.387. The zero-order valence-electron chi connectivity index (χ0n) is 16.9. The van der Waals surface area contributed by atoms with Crippen LogP contribution in [0.4, 0.5) is 0 Å². The van der Waals surface area contributed by atoms with Crippen molar-refractivity contribution in [3.05, 3.63) is 21.8 Å². The van der Waals surface area contributed by atoms with Gasteiger partial charge in [0.1, 0.15) is 5.60 Å². The monoisotopic (exact) mass is 384 g/mol. The molecular formula is C19H32N2O6. The largest absolute Gasteiger partial charge is 0.463 e. The van der Waals surface area contributed by atoms with Crippen LogP contribution >= 0.6 is 0 Å². The molecule has 0 aromatic heterocycles. The maximum absolute atomic E-state index is 12.8. The lowest BCUT2D eigenvalue weighted by atomic mass is 9.74. The van der Waals surface area contributed by atoms with Crippen LogP contribution in [0.1, 0.15) is 53.9 Å². The smallest absolute Gasteiger partial charge is 0.333 e. The Kier molecular flexibility index (Phi) is 8.40. The van der Waals surface area contributed by atoms with Crippen LogP contribution in [-0.2, 0) is 19.1 Å². The molecule has 1 rings (SSSR count). The molecular weight excluding hydrogens is 352 g/mol. The predicted octanol–water partition coefficient (Wildman–Crippen LogP) is 2.47. The number of hydrogen-bond donors (Lipinski definition) is 1. The number of nitro groups is 1. The third-order valence-corrected chi connectivity index (χ3v) is 4.65. The number of nitrogens with two attached hydrogens (primary N) is 1. The highest BCUT2D eigenvalue weighted by atomic mass is 16.6. The van der Waals surface area contributed by atoms with E-state index in [1.54, 1.807) is 33.8 Å². The van der Waals surface area contributed by atoms with E-state index in [1.165, 1.54) is 0 Å². The van der Waals surface area contributed by atoms with Crippen LogP contribution in [0.3, 0.4) is 0 Å². The molecule has 0 radical (unpaired) electrons. The van der Waals surface area contributed by atoms with E-state index in [0.29, 0.717) is 18.5 Å². The van der Waals surface area contributed by atoms with E-state index in [2.05, 4.69) is 0 Å². The standard InChI is InChI=1S/C19H32N2O6/c1-6-26-17(22)13-7-8-14(16(10-13)21(24)25)15(9-12(2)11-20)18(23)27-19(3,4)5/h7,12,14-16H,6,8-11,20H2,1-5H3. The fraction of sp³-hybridized carbons (Fsp3) is 0.789. The second-order valence-electron chi connectivity index (χ2n) is 8.12. The van der Waals surface area contributed by atoms with Crippen LogP contribution < -0.4 is 5.73 Å². The van der Waals surface area contributed by atoms with Crippen LogP contribution in [0.15, 0.2) is 11.6 Å². The van der Waals surface area contributed by atoms with Crippen molar-refractivity contribution in [2.24, 2.45) is 23.5 Å². The van der Waals surface area contributed by atoms with E-state index in [-0.39, 0.29) is 25.4 Å². The van der Waals surface area contributed by atoms with Gasteiger partial charge in [0.15, 0.2) is 0 Å². The molecule has 27 heavy (non-hydrogen) atoms. The molecule has 0 aromatic rings. The normalized spacial score (nSPS) is 22.4. The Bertz CT molecular complexity index is 581. The van der Waals surface area contributed by atoms with Crippen molar-refractivity contribution in [1.82, 2.24) is 0 Å². The highest BCUT2D eigenvalue weighted by Gasteiger charge is 2.45. The van der Waals surface area contributed by atoms with Crippen molar-refractivity contribution in [3.63, 3.8) is 0 Å². The Balaban J connectivity index is 3.15. The van der Waals surface area contributed by atoms with E-state index >= 15 is 0 Å². The molecule has 0 bridgehead atoms. The van der Waals surface area contributed by atoms with Gasteiger partial charge in [-0.25, -0.2) is 4.79 Å². The van der Waals surface area contributed by atoms with Crippen molar-refractivity contribution in [1.29, 1.82) is 0 Å². The van der Waals surface area contributed by atoms with Crippen molar-refractivity contribution in [2.45, 2.75) is 65.5 Å². The van der Waals surface area contributed by atoms with Gasteiger partial charge in [-0.1, -0.05) is 13.0 Å². The lowest BCUT2D eigenvalue weighted by Crippen LogP contribution is -2.43. The van der Waals surface area contributed by atoms with E-state index < -0.39 is 40.3 Å². The molecule has 154 valence electrons. The highest BCUT2D eigenvalue weighted by molar-refractivity contribution is 5.88. The van der Waals surface area contributed by atoms with Gasteiger partial charge in [0.25, 0.3) is 0 Å². The summed E-state index contributed by atoms with van der Waals surface area (Å²) < 4.78 is 10.5. The van der Waals surface area contributed by atoms with Crippen molar-refractivity contribution in [2.75, 3.05) is 13.2 Å². The summed E-state index contributed by atoms with van der Waals surface area (Å²) in [6.45, 7) is 9.45. The molecule has 1 aliphatic carbocycles. The minimum Gasteiger partial charge on any atom is -0.463 e. The minimum absolute atomic E-state index is 0.0188. The fourth-order valence-electron chi connectivity index (χ4n) is 3.30. The molecule has 8 heteroatoms. The molecule has 0 aromatic carbocycles. The number of carbonyl (C=O) groups excluding carboxylic acids is 2. The Labute approximate surface area is 160 Å². The maximum Gasteiger partial charge on any atom is 0.333 e. The summed E-state index contributed by atoms with van der Waals surface area (Å²) in [6, 6.07) is -1.04. The number of esters is 2. The maximum atomic E-state index is 12.8. The molecule has 8 nitrogen and oxygen atoms in total. The Morgan fingerprint density at radius 2 is 2.04 bits per heavy atom. The van der Waals surface area contributed by atoms with Crippen LogP contribution in [-0.4, -0.2) is 41.7 Å². The molecule has 0 spiro atoms. The highest BCUT2D eigenvalue weighted by Crippen LogP contribution is 2.36. The van der Waals surface area contributed by atoms with Gasteiger partial charge in [0.2, 0.25) is 6.04 Å². The molecule has 1 aliphatic rings. The Morgan fingerprint density at radius 1 is 1.41 bits per heavy atom.